The van der Waals surface area contributed by atoms with Crippen molar-refractivity contribution in [2.75, 3.05) is 7.11 Å². The smallest absolute Gasteiger partial charge is 0.342 e. The molecule has 1 N–H and O–H groups in total. The second-order valence-corrected chi connectivity index (χ2v) is 2.88. The van der Waals surface area contributed by atoms with Crippen LogP contribution in [0, 0.1) is 5.82 Å². The monoisotopic (exact) mass is 228 g/mol. The summed E-state index contributed by atoms with van der Waals surface area (Å²) in [5.41, 5.74) is -0.698. The number of carbonyl (C=O) groups is 2. The number of esters is 1. The van der Waals surface area contributed by atoms with Gasteiger partial charge in [-0.1, -0.05) is 0 Å². The van der Waals surface area contributed by atoms with Gasteiger partial charge >= 0.3 is 11.9 Å². The molecule has 6 heteroatoms. The summed E-state index contributed by atoms with van der Waals surface area (Å²) in [6, 6.07) is 2.03. The highest BCUT2D eigenvalue weighted by atomic mass is 19.1. The van der Waals surface area contributed by atoms with Gasteiger partial charge in [-0.2, -0.15) is 0 Å². The summed E-state index contributed by atoms with van der Waals surface area (Å²) in [6.45, 7) is 1.09. The Bertz CT molecular complexity index is 441. The predicted molar refractivity (Wildman–Crippen MR) is 51.2 cm³/mol. The van der Waals surface area contributed by atoms with Crippen LogP contribution in [-0.2, 0) is 4.79 Å². The van der Waals surface area contributed by atoms with Crippen LogP contribution in [0.1, 0.15) is 17.3 Å². The fourth-order valence-corrected chi connectivity index (χ4v) is 1.12. The number of benzene rings is 1. The lowest BCUT2D eigenvalue weighted by molar-refractivity contribution is -0.131. The molecule has 0 radical (unpaired) electrons. The van der Waals surface area contributed by atoms with Crippen LogP contribution < -0.4 is 9.47 Å². The Morgan fingerprint density at radius 1 is 1.38 bits per heavy atom. The van der Waals surface area contributed by atoms with Gasteiger partial charge in [-0.3, -0.25) is 4.79 Å². The third-order valence-electron chi connectivity index (χ3n) is 1.73. The number of carbonyl (C=O) groups excluding carboxylic acids is 1. The molecular weight excluding hydrogens is 219 g/mol. The molecule has 0 unspecified atom stereocenters. The molecule has 0 saturated carbocycles. The second-order valence-electron chi connectivity index (χ2n) is 2.88. The summed E-state index contributed by atoms with van der Waals surface area (Å²) >= 11 is 0. The van der Waals surface area contributed by atoms with Crippen molar-refractivity contribution in [3.8, 4) is 11.5 Å². The average Bonchev–Trinajstić information content (AvgIpc) is 2.14. The third kappa shape index (κ3) is 2.47. The van der Waals surface area contributed by atoms with E-state index in [-0.39, 0.29) is 11.5 Å². The van der Waals surface area contributed by atoms with Crippen molar-refractivity contribution in [1.29, 1.82) is 0 Å². The van der Waals surface area contributed by atoms with E-state index in [1.165, 1.54) is 7.11 Å². The minimum Gasteiger partial charge on any atom is -0.497 e. The van der Waals surface area contributed by atoms with Gasteiger partial charge < -0.3 is 14.6 Å². The van der Waals surface area contributed by atoms with Crippen LogP contribution >= 0.6 is 0 Å². The number of carboxylic acids is 1. The number of halogens is 1. The molecule has 0 aliphatic carbocycles. The van der Waals surface area contributed by atoms with E-state index < -0.39 is 23.3 Å². The van der Waals surface area contributed by atoms with E-state index in [1.54, 1.807) is 0 Å². The first-order chi connectivity index (χ1) is 7.45. The Morgan fingerprint density at radius 3 is 2.44 bits per heavy atom. The highest BCUT2D eigenvalue weighted by Gasteiger charge is 2.20. The minimum absolute atomic E-state index is 0.0683. The molecule has 86 valence electrons. The zero-order valence-electron chi connectivity index (χ0n) is 8.61. The third-order valence-corrected chi connectivity index (χ3v) is 1.73. The van der Waals surface area contributed by atoms with Gasteiger partial charge in [0, 0.05) is 19.1 Å². The second kappa shape index (κ2) is 4.61. The molecule has 5 nitrogen and oxygen atoms in total. The summed E-state index contributed by atoms with van der Waals surface area (Å²) in [5, 5.41) is 8.75. The molecule has 0 amide bonds. The van der Waals surface area contributed by atoms with Gasteiger partial charge in [-0.05, 0) is 0 Å². The van der Waals surface area contributed by atoms with E-state index in [0.717, 1.165) is 19.1 Å². The number of aromatic carboxylic acids is 1. The SMILES string of the molecule is COc1cc(F)c(C(=O)O)c(OC(C)=O)c1. The highest BCUT2D eigenvalue weighted by Crippen LogP contribution is 2.28. The molecular formula is C10H9FO5. The summed E-state index contributed by atoms with van der Waals surface area (Å²) in [5.74, 6) is -3.59. The molecule has 1 rings (SSSR count). The lowest BCUT2D eigenvalue weighted by Crippen LogP contribution is -2.09. The molecule has 0 aliphatic heterocycles. The summed E-state index contributed by atoms with van der Waals surface area (Å²) in [6.07, 6.45) is 0. The van der Waals surface area contributed by atoms with Gasteiger partial charge in [0.25, 0.3) is 0 Å². The van der Waals surface area contributed by atoms with Crippen LogP contribution in [-0.4, -0.2) is 24.2 Å². The van der Waals surface area contributed by atoms with E-state index in [4.69, 9.17) is 9.84 Å². The van der Waals surface area contributed by atoms with Crippen molar-refractivity contribution in [1.82, 2.24) is 0 Å². The Morgan fingerprint density at radius 2 is 2.00 bits per heavy atom. The van der Waals surface area contributed by atoms with Gasteiger partial charge in [0.1, 0.15) is 17.1 Å². The van der Waals surface area contributed by atoms with Crippen LogP contribution in [0.25, 0.3) is 0 Å². The molecule has 0 aromatic heterocycles. The molecule has 16 heavy (non-hydrogen) atoms. The van der Waals surface area contributed by atoms with E-state index in [2.05, 4.69) is 4.74 Å². The fraction of sp³-hybridized carbons (Fsp3) is 0.200. The number of hydrogen-bond donors (Lipinski definition) is 1. The van der Waals surface area contributed by atoms with Gasteiger partial charge in [-0.15, -0.1) is 0 Å². The first-order valence-corrected chi connectivity index (χ1v) is 4.25. The van der Waals surface area contributed by atoms with E-state index >= 15 is 0 Å². The zero-order chi connectivity index (χ0) is 12.3. The number of hydrogen-bond acceptors (Lipinski definition) is 4. The lowest BCUT2D eigenvalue weighted by atomic mass is 10.2. The molecule has 1 aromatic rings. The Balaban J connectivity index is 3.34. The number of carboxylic acid groups (broad SMARTS) is 1. The Kier molecular flexibility index (Phi) is 3.44. The molecule has 0 spiro atoms. The fourth-order valence-electron chi connectivity index (χ4n) is 1.12. The maximum absolute atomic E-state index is 13.3. The van der Waals surface area contributed by atoms with Gasteiger partial charge in [-0.25, -0.2) is 9.18 Å². The standard InChI is InChI=1S/C10H9FO5/c1-5(12)16-8-4-6(15-2)3-7(11)9(8)10(13)14/h3-4H,1-2H3,(H,13,14). The molecule has 1 aromatic carbocycles. The molecule has 0 bridgehead atoms. The van der Waals surface area contributed by atoms with Gasteiger partial charge in [0.2, 0.25) is 0 Å². The van der Waals surface area contributed by atoms with Crippen molar-refractivity contribution in [3.05, 3.63) is 23.5 Å². The molecule has 0 saturated heterocycles. The van der Waals surface area contributed by atoms with Crippen molar-refractivity contribution in [2.24, 2.45) is 0 Å². The number of rotatable bonds is 3. The van der Waals surface area contributed by atoms with Crippen molar-refractivity contribution in [3.63, 3.8) is 0 Å². The zero-order valence-corrected chi connectivity index (χ0v) is 8.61. The predicted octanol–water partition coefficient (Wildman–Crippen LogP) is 1.46. The molecule has 0 atom stereocenters. The quantitative estimate of drug-likeness (QED) is 0.626. The van der Waals surface area contributed by atoms with Crippen molar-refractivity contribution in [2.45, 2.75) is 6.92 Å². The maximum atomic E-state index is 13.3. The van der Waals surface area contributed by atoms with Crippen LogP contribution in [0.5, 0.6) is 11.5 Å². The number of methoxy groups -OCH3 is 1. The number of ether oxygens (including phenoxy) is 2. The minimum atomic E-state index is -1.52. The average molecular weight is 228 g/mol. The van der Waals surface area contributed by atoms with Crippen LogP contribution in [0.3, 0.4) is 0 Å². The summed E-state index contributed by atoms with van der Waals surface area (Å²) < 4.78 is 22.7. The largest absolute Gasteiger partial charge is 0.497 e. The Labute approximate surface area is 90.4 Å². The van der Waals surface area contributed by atoms with Crippen molar-refractivity contribution < 1.29 is 28.6 Å². The summed E-state index contributed by atoms with van der Waals surface area (Å²) in [7, 11) is 1.28. The molecule has 0 heterocycles. The maximum Gasteiger partial charge on any atom is 0.342 e. The van der Waals surface area contributed by atoms with E-state index in [1.807, 2.05) is 0 Å². The topological polar surface area (TPSA) is 72.8 Å². The first-order valence-electron chi connectivity index (χ1n) is 4.25. The van der Waals surface area contributed by atoms with Crippen molar-refractivity contribution >= 4 is 11.9 Å². The summed E-state index contributed by atoms with van der Waals surface area (Å²) in [4.78, 5) is 21.5. The van der Waals surface area contributed by atoms with Gasteiger partial charge in [0.05, 0.1) is 7.11 Å². The lowest BCUT2D eigenvalue weighted by Gasteiger charge is -2.08. The van der Waals surface area contributed by atoms with Crippen LogP contribution in [0.2, 0.25) is 0 Å². The van der Waals surface area contributed by atoms with E-state index in [9.17, 15) is 14.0 Å². The van der Waals surface area contributed by atoms with Crippen LogP contribution in [0.15, 0.2) is 12.1 Å². The van der Waals surface area contributed by atoms with Gasteiger partial charge in [0.15, 0.2) is 5.75 Å². The highest BCUT2D eigenvalue weighted by molar-refractivity contribution is 5.92. The normalized spacial score (nSPS) is 9.69. The van der Waals surface area contributed by atoms with E-state index in [0.29, 0.717) is 0 Å². The Hall–Kier alpha value is -2.11. The van der Waals surface area contributed by atoms with Crippen LogP contribution in [0.4, 0.5) is 4.39 Å². The molecule has 0 aliphatic rings. The first kappa shape index (κ1) is 12.0. The molecule has 0 fully saturated rings.